The molecule has 0 radical (unpaired) electrons. The van der Waals surface area contributed by atoms with E-state index in [1.807, 2.05) is 12.1 Å². The molecule has 2 aromatic heterocycles. The van der Waals surface area contributed by atoms with Crippen LogP contribution in [0.1, 0.15) is 5.56 Å². The summed E-state index contributed by atoms with van der Waals surface area (Å²) >= 11 is 0. The number of nitrogens with zero attached hydrogens (tertiary/aromatic N) is 4. The van der Waals surface area contributed by atoms with Gasteiger partial charge in [0.05, 0.1) is 23.7 Å². The lowest BCUT2D eigenvalue weighted by Crippen LogP contribution is -2.52. The van der Waals surface area contributed by atoms with E-state index in [2.05, 4.69) is 10.1 Å². The molecule has 0 amide bonds. The van der Waals surface area contributed by atoms with Crippen LogP contribution < -0.4 is 10.3 Å². The molecule has 154 valence electrons. The molecule has 2 aliphatic heterocycles. The Kier molecular flexibility index (Phi) is 4.63. The molecule has 0 bridgehead atoms. The lowest BCUT2D eigenvalue weighted by Gasteiger charge is -2.38. The van der Waals surface area contributed by atoms with Crippen LogP contribution in [0.15, 0.2) is 64.5 Å². The molecule has 0 unspecified atom stereocenters. The summed E-state index contributed by atoms with van der Waals surface area (Å²) in [6.45, 7) is 1.68. The van der Waals surface area contributed by atoms with E-state index in [-0.39, 0.29) is 11.5 Å². The fraction of sp³-hybridized carbons (Fsp3) is 0.286. The number of aromatic nitrogens is 3. The SMILES string of the molecule is O=c1ccc(-c2cccnc2)nn1CC1CN(S(=O)(=O)c2ccc3c(c2)CCO3)C1. The van der Waals surface area contributed by atoms with E-state index >= 15 is 0 Å². The summed E-state index contributed by atoms with van der Waals surface area (Å²) in [5, 5.41) is 4.43. The van der Waals surface area contributed by atoms with Crippen molar-refractivity contribution in [3.8, 4) is 17.0 Å². The minimum atomic E-state index is -3.55. The minimum absolute atomic E-state index is 0.0342. The van der Waals surface area contributed by atoms with Crippen molar-refractivity contribution in [3.63, 3.8) is 0 Å². The monoisotopic (exact) mass is 424 g/mol. The Labute approximate surface area is 173 Å². The van der Waals surface area contributed by atoms with Crippen LogP contribution in [-0.4, -0.2) is 47.2 Å². The van der Waals surface area contributed by atoms with Crippen LogP contribution in [0.5, 0.6) is 5.75 Å². The Morgan fingerprint density at radius 3 is 2.80 bits per heavy atom. The molecule has 5 rings (SSSR count). The van der Waals surface area contributed by atoms with E-state index in [0.29, 0.717) is 36.8 Å². The predicted molar refractivity (Wildman–Crippen MR) is 110 cm³/mol. The lowest BCUT2D eigenvalue weighted by molar-refractivity contribution is 0.173. The summed E-state index contributed by atoms with van der Waals surface area (Å²) in [6.07, 6.45) is 4.09. The molecule has 1 saturated heterocycles. The van der Waals surface area contributed by atoms with Gasteiger partial charge in [0.15, 0.2) is 0 Å². The first-order valence-electron chi connectivity index (χ1n) is 9.75. The summed E-state index contributed by atoms with van der Waals surface area (Å²) in [4.78, 5) is 16.6. The van der Waals surface area contributed by atoms with Crippen LogP contribution in [0.3, 0.4) is 0 Å². The Morgan fingerprint density at radius 2 is 2.00 bits per heavy atom. The highest BCUT2D eigenvalue weighted by Gasteiger charge is 2.37. The van der Waals surface area contributed by atoms with Gasteiger partial charge in [-0.25, -0.2) is 13.1 Å². The molecule has 0 spiro atoms. The fourth-order valence-electron chi connectivity index (χ4n) is 3.80. The molecule has 1 aromatic carbocycles. The number of fused-ring (bicyclic) bond motifs is 1. The Bertz CT molecular complexity index is 1250. The van der Waals surface area contributed by atoms with Gasteiger partial charge in [-0.3, -0.25) is 9.78 Å². The second-order valence-corrected chi connectivity index (χ2v) is 9.47. The van der Waals surface area contributed by atoms with Crippen LogP contribution in [0.4, 0.5) is 0 Å². The van der Waals surface area contributed by atoms with Crippen LogP contribution >= 0.6 is 0 Å². The number of hydrogen-bond acceptors (Lipinski definition) is 6. The van der Waals surface area contributed by atoms with Gasteiger partial charge in [-0.1, -0.05) is 0 Å². The molecular weight excluding hydrogens is 404 g/mol. The van der Waals surface area contributed by atoms with Gasteiger partial charge in [-0.2, -0.15) is 9.40 Å². The van der Waals surface area contributed by atoms with Crippen molar-refractivity contribution in [2.75, 3.05) is 19.7 Å². The van der Waals surface area contributed by atoms with Crippen molar-refractivity contribution in [1.82, 2.24) is 19.1 Å². The van der Waals surface area contributed by atoms with Crippen LogP contribution in [0.2, 0.25) is 0 Å². The normalized spacial score (nSPS) is 16.7. The van der Waals surface area contributed by atoms with Crippen molar-refractivity contribution in [2.24, 2.45) is 5.92 Å². The Balaban J connectivity index is 1.29. The van der Waals surface area contributed by atoms with Gasteiger partial charge in [0.1, 0.15) is 5.75 Å². The molecule has 0 saturated carbocycles. The first-order valence-corrected chi connectivity index (χ1v) is 11.2. The van der Waals surface area contributed by atoms with E-state index in [4.69, 9.17) is 4.74 Å². The zero-order valence-corrected chi connectivity index (χ0v) is 17.0. The predicted octanol–water partition coefficient (Wildman–Crippen LogP) is 1.56. The van der Waals surface area contributed by atoms with Gasteiger partial charge in [0, 0.05) is 49.5 Å². The van der Waals surface area contributed by atoms with Crippen LogP contribution in [0.25, 0.3) is 11.3 Å². The highest BCUT2D eigenvalue weighted by molar-refractivity contribution is 7.89. The largest absolute Gasteiger partial charge is 0.493 e. The number of sulfonamides is 1. The topological polar surface area (TPSA) is 94.4 Å². The van der Waals surface area contributed by atoms with E-state index in [1.54, 1.807) is 36.7 Å². The molecule has 4 heterocycles. The molecule has 8 nitrogen and oxygen atoms in total. The average molecular weight is 424 g/mol. The maximum Gasteiger partial charge on any atom is 0.266 e. The maximum absolute atomic E-state index is 12.9. The van der Waals surface area contributed by atoms with E-state index < -0.39 is 10.0 Å². The molecule has 0 N–H and O–H groups in total. The average Bonchev–Trinajstić information content (AvgIpc) is 3.20. The van der Waals surface area contributed by atoms with E-state index in [9.17, 15) is 13.2 Å². The number of ether oxygens (including phenoxy) is 1. The molecule has 1 fully saturated rings. The van der Waals surface area contributed by atoms with Crippen molar-refractivity contribution in [2.45, 2.75) is 17.9 Å². The second kappa shape index (κ2) is 7.33. The summed E-state index contributed by atoms with van der Waals surface area (Å²) in [6, 6.07) is 11.9. The van der Waals surface area contributed by atoms with Crippen molar-refractivity contribution in [1.29, 1.82) is 0 Å². The molecule has 0 aliphatic carbocycles. The van der Waals surface area contributed by atoms with Gasteiger partial charge >= 0.3 is 0 Å². The van der Waals surface area contributed by atoms with E-state index in [1.165, 1.54) is 15.1 Å². The second-order valence-electron chi connectivity index (χ2n) is 7.54. The summed E-state index contributed by atoms with van der Waals surface area (Å²) in [5.74, 6) is 0.793. The third-order valence-corrected chi connectivity index (χ3v) is 7.31. The van der Waals surface area contributed by atoms with Gasteiger partial charge in [0.2, 0.25) is 10.0 Å². The molecular formula is C21H20N4O4S. The van der Waals surface area contributed by atoms with Crippen LogP contribution in [-0.2, 0) is 23.0 Å². The zero-order valence-electron chi connectivity index (χ0n) is 16.1. The fourth-order valence-corrected chi connectivity index (χ4v) is 5.44. The summed E-state index contributed by atoms with van der Waals surface area (Å²) in [7, 11) is -3.55. The Morgan fingerprint density at radius 1 is 1.13 bits per heavy atom. The number of pyridine rings is 1. The maximum atomic E-state index is 12.9. The lowest BCUT2D eigenvalue weighted by atomic mass is 10.0. The first kappa shape index (κ1) is 19.0. The number of benzene rings is 1. The third kappa shape index (κ3) is 3.40. The highest BCUT2D eigenvalue weighted by Crippen LogP contribution is 2.31. The van der Waals surface area contributed by atoms with Gasteiger partial charge < -0.3 is 4.74 Å². The van der Waals surface area contributed by atoms with Gasteiger partial charge in [-0.15, -0.1) is 0 Å². The summed E-state index contributed by atoms with van der Waals surface area (Å²) in [5.41, 5.74) is 2.20. The van der Waals surface area contributed by atoms with Crippen molar-refractivity contribution in [3.05, 3.63) is 70.8 Å². The van der Waals surface area contributed by atoms with Crippen molar-refractivity contribution >= 4 is 10.0 Å². The quantitative estimate of drug-likeness (QED) is 0.617. The van der Waals surface area contributed by atoms with Gasteiger partial charge in [-0.05, 0) is 42.0 Å². The number of hydrogen-bond donors (Lipinski definition) is 0. The molecule has 0 atom stereocenters. The summed E-state index contributed by atoms with van der Waals surface area (Å²) < 4.78 is 34.1. The standard InChI is InChI=1S/C21H20N4O4S/c26-21-6-4-19(17-2-1-8-22-11-17)23-25(21)14-15-12-24(13-15)30(27,28)18-3-5-20-16(10-18)7-9-29-20/h1-6,8,10-11,15H,7,9,12-14H2. The Hall–Kier alpha value is -3.04. The minimum Gasteiger partial charge on any atom is -0.493 e. The van der Waals surface area contributed by atoms with Crippen molar-refractivity contribution < 1.29 is 13.2 Å². The molecule has 9 heteroatoms. The zero-order chi connectivity index (χ0) is 20.7. The highest BCUT2D eigenvalue weighted by atomic mass is 32.2. The van der Waals surface area contributed by atoms with E-state index in [0.717, 1.165) is 23.3 Å². The van der Waals surface area contributed by atoms with Crippen LogP contribution in [0, 0.1) is 5.92 Å². The van der Waals surface area contributed by atoms with Gasteiger partial charge in [0.25, 0.3) is 5.56 Å². The number of rotatable bonds is 5. The first-order chi connectivity index (χ1) is 14.5. The smallest absolute Gasteiger partial charge is 0.266 e. The molecule has 3 aromatic rings. The molecule has 2 aliphatic rings. The third-order valence-electron chi connectivity index (χ3n) is 5.48. The molecule has 30 heavy (non-hydrogen) atoms.